The van der Waals surface area contributed by atoms with Crippen LogP contribution in [0.5, 0.6) is 0 Å². The molecule has 0 saturated carbocycles. The van der Waals surface area contributed by atoms with Gasteiger partial charge in [-0.2, -0.15) is 10.2 Å². The Hall–Kier alpha value is -2.48. The van der Waals surface area contributed by atoms with Crippen molar-refractivity contribution in [1.29, 1.82) is 0 Å². The minimum absolute atomic E-state index is 0.0847. The van der Waals surface area contributed by atoms with Crippen LogP contribution in [0, 0.1) is 0 Å². The molecule has 0 spiro atoms. The van der Waals surface area contributed by atoms with Crippen LogP contribution in [-0.4, -0.2) is 25.5 Å². The summed E-state index contributed by atoms with van der Waals surface area (Å²) in [5.74, 6) is -0.227. The molecule has 0 unspecified atom stereocenters. The molecule has 0 radical (unpaired) electrons. The maximum Gasteiger partial charge on any atom is 0.293 e. The fourth-order valence-corrected chi connectivity index (χ4v) is 3.27. The van der Waals surface area contributed by atoms with Gasteiger partial charge in [-0.15, -0.1) is 0 Å². The summed E-state index contributed by atoms with van der Waals surface area (Å²) >= 11 is 3.36. The van der Waals surface area contributed by atoms with Crippen molar-refractivity contribution >= 4 is 38.4 Å². The monoisotopic (exact) mass is 445 g/mol. The Bertz CT molecular complexity index is 1070. The van der Waals surface area contributed by atoms with Gasteiger partial charge >= 0.3 is 0 Å². The van der Waals surface area contributed by atoms with Gasteiger partial charge in [-0.3, -0.25) is 14.3 Å². The van der Waals surface area contributed by atoms with Crippen LogP contribution in [0.25, 0.3) is 10.9 Å². The van der Waals surface area contributed by atoms with E-state index in [9.17, 15) is 9.59 Å². The third-order valence-electron chi connectivity index (χ3n) is 4.31. The van der Waals surface area contributed by atoms with Crippen LogP contribution in [0.3, 0.4) is 0 Å². The zero-order valence-corrected chi connectivity index (χ0v) is 18.2. The lowest BCUT2D eigenvalue weighted by molar-refractivity contribution is -0.117. The number of rotatable bonds is 4. The van der Waals surface area contributed by atoms with E-state index >= 15 is 0 Å². The smallest absolute Gasteiger partial charge is 0.293 e. The summed E-state index contributed by atoms with van der Waals surface area (Å²) in [4.78, 5) is 25.6. The third kappa shape index (κ3) is 4.01. The Balaban J connectivity index is 2.03. The fourth-order valence-electron chi connectivity index (χ4n) is 3.01. The van der Waals surface area contributed by atoms with E-state index in [1.54, 1.807) is 23.0 Å². The van der Waals surface area contributed by atoms with Gasteiger partial charge in [-0.25, -0.2) is 4.68 Å². The van der Waals surface area contributed by atoms with E-state index in [2.05, 4.69) is 31.4 Å². The van der Waals surface area contributed by atoms with E-state index in [0.29, 0.717) is 11.2 Å². The second-order valence-electron chi connectivity index (χ2n) is 8.05. The molecule has 0 fully saturated rings. The number of hydrogen-bond donors (Lipinski definition) is 1. The third-order valence-corrected chi connectivity index (χ3v) is 4.84. The Labute approximate surface area is 171 Å². The van der Waals surface area contributed by atoms with Gasteiger partial charge in [0, 0.05) is 15.5 Å². The summed E-state index contributed by atoms with van der Waals surface area (Å²) in [5.41, 5.74) is 1.20. The zero-order chi connectivity index (χ0) is 20.6. The molecule has 0 aliphatic rings. The standard InChI is InChI=1S/C20H24BrN5O2/c1-12(2)17-15-10-22-26(20(3,4)5)18(15)19(28)25(24-17)11-16(27)23-14-8-6-13(21)7-9-14/h6-10,12H,11H2,1-5H3,(H,23,27). The number of nitrogens with one attached hydrogen (secondary N) is 1. The van der Waals surface area contributed by atoms with Crippen molar-refractivity contribution in [3.8, 4) is 0 Å². The molecule has 0 aliphatic heterocycles. The Morgan fingerprint density at radius 1 is 1.21 bits per heavy atom. The number of hydrogen-bond acceptors (Lipinski definition) is 4. The van der Waals surface area contributed by atoms with Crippen LogP contribution in [0.15, 0.2) is 39.7 Å². The van der Waals surface area contributed by atoms with Crippen molar-refractivity contribution in [2.45, 2.75) is 52.6 Å². The molecule has 2 heterocycles. The molecule has 28 heavy (non-hydrogen) atoms. The van der Waals surface area contributed by atoms with Gasteiger partial charge in [0.05, 0.1) is 17.4 Å². The van der Waals surface area contributed by atoms with E-state index in [4.69, 9.17) is 0 Å². The molecule has 3 rings (SSSR count). The number of carbonyl (C=O) groups excluding carboxylic acids is 1. The van der Waals surface area contributed by atoms with Gasteiger partial charge in [0.25, 0.3) is 5.56 Å². The van der Waals surface area contributed by atoms with E-state index in [1.807, 2.05) is 46.8 Å². The highest BCUT2D eigenvalue weighted by Crippen LogP contribution is 2.24. The molecule has 2 aromatic heterocycles. The van der Waals surface area contributed by atoms with Crippen molar-refractivity contribution < 1.29 is 4.79 Å². The predicted molar refractivity (Wildman–Crippen MR) is 114 cm³/mol. The van der Waals surface area contributed by atoms with Gasteiger partial charge in [0.1, 0.15) is 12.1 Å². The normalized spacial score (nSPS) is 12.0. The van der Waals surface area contributed by atoms with Crippen LogP contribution in [0.2, 0.25) is 0 Å². The van der Waals surface area contributed by atoms with Crippen LogP contribution in [-0.2, 0) is 16.9 Å². The number of carbonyl (C=O) groups is 1. The molecule has 8 heteroatoms. The molecule has 3 aromatic rings. The highest BCUT2D eigenvalue weighted by atomic mass is 79.9. The van der Waals surface area contributed by atoms with Crippen LogP contribution >= 0.6 is 15.9 Å². The van der Waals surface area contributed by atoms with Crippen molar-refractivity contribution in [2.75, 3.05) is 5.32 Å². The molecule has 1 N–H and O–H groups in total. The predicted octanol–water partition coefficient (Wildman–Crippen LogP) is 3.87. The van der Waals surface area contributed by atoms with E-state index in [-0.39, 0.29) is 29.5 Å². The number of aromatic nitrogens is 4. The van der Waals surface area contributed by atoms with Gasteiger partial charge in [-0.1, -0.05) is 29.8 Å². The second-order valence-corrected chi connectivity index (χ2v) is 8.96. The van der Waals surface area contributed by atoms with E-state index in [0.717, 1.165) is 15.6 Å². The maximum absolute atomic E-state index is 13.1. The molecular weight excluding hydrogens is 422 g/mol. The number of nitrogens with zero attached hydrogens (tertiary/aromatic N) is 4. The summed E-state index contributed by atoms with van der Waals surface area (Å²) < 4.78 is 3.86. The number of amides is 1. The molecule has 1 amide bonds. The first-order chi connectivity index (χ1) is 13.1. The Kier molecular flexibility index (Phi) is 5.43. The highest BCUT2D eigenvalue weighted by Gasteiger charge is 2.24. The van der Waals surface area contributed by atoms with Crippen molar-refractivity contribution in [2.24, 2.45) is 0 Å². The minimum Gasteiger partial charge on any atom is -0.324 e. The average molecular weight is 446 g/mol. The first-order valence-electron chi connectivity index (χ1n) is 9.12. The van der Waals surface area contributed by atoms with Crippen molar-refractivity contribution in [3.05, 3.63) is 51.0 Å². The van der Waals surface area contributed by atoms with Crippen LogP contribution in [0.4, 0.5) is 5.69 Å². The summed E-state index contributed by atoms with van der Waals surface area (Å²) in [6, 6.07) is 7.25. The number of halogens is 1. The summed E-state index contributed by atoms with van der Waals surface area (Å²) in [6.45, 7) is 9.80. The maximum atomic E-state index is 13.1. The zero-order valence-electron chi connectivity index (χ0n) is 16.7. The minimum atomic E-state index is -0.367. The molecule has 7 nitrogen and oxygen atoms in total. The lowest BCUT2D eigenvalue weighted by atomic mass is 10.1. The summed E-state index contributed by atoms with van der Waals surface area (Å²) in [5, 5.41) is 12.4. The number of anilines is 1. The lowest BCUT2D eigenvalue weighted by Crippen LogP contribution is -2.34. The van der Waals surface area contributed by atoms with Crippen molar-refractivity contribution in [1.82, 2.24) is 19.6 Å². The molecule has 0 saturated heterocycles. The summed E-state index contributed by atoms with van der Waals surface area (Å²) in [7, 11) is 0. The topological polar surface area (TPSA) is 81.8 Å². The molecule has 0 bridgehead atoms. The van der Waals surface area contributed by atoms with E-state index in [1.165, 1.54) is 4.68 Å². The highest BCUT2D eigenvalue weighted by molar-refractivity contribution is 9.10. The first-order valence-corrected chi connectivity index (χ1v) is 9.92. The van der Waals surface area contributed by atoms with E-state index < -0.39 is 0 Å². The van der Waals surface area contributed by atoms with Crippen molar-refractivity contribution in [3.63, 3.8) is 0 Å². The Morgan fingerprint density at radius 2 is 1.86 bits per heavy atom. The van der Waals surface area contributed by atoms with Crippen LogP contribution < -0.4 is 10.9 Å². The van der Waals surface area contributed by atoms with Gasteiger partial charge in [0.15, 0.2) is 0 Å². The molecule has 0 aliphatic carbocycles. The Morgan fingerprint density at radius 3 is 2.43 bits per heavy atom. The SMILES string of the molecule is CC(C)c1nn(CC(=O)Nc2ccc(Br)cc2)c(=O)c2c1cnn2C(C)(C)C. The fraction of sp³-hybridized carbons (Fsp3) is 0.400. The quantitative estimate of drug-likeness (QED) is 0.660. The van der Waals surface area contributed by atoms with Gasteiger partial charge in [-0.05, 0) is 51.0 Å². The average Bonchev–Trinajstić information content (AvgIpc) is 3.05. The van der Waals surface area contributed by atoms with Crippen LogP contribution in [0.1, 0.15) is 46.2 Å². The second kappa shape index (κ2) is 7.50. The summed E-state index contributed by atoms with van der Waals surface area (Å²) in [6.07, 6.45) is 1.69. The number of benzene rings is 1. The molecule has 0 atom stereocenters. The van der Waals surface area contributed by atoms with Gasteiger partial charge < -0.3 is 5.32 Å². The lowest BCUT2D eigenvalue weighted by Gasteiger charge is -2.21. The molecule has 148 valence electrons. The molecular formula is C20H24BrN5O2. The molecule has 1 aromatic carbocycles. The van der Waals surface area contributed by atoms with Gasteiger partial charge in [0.2, 0.25) is 5.91 Å². The number of fused-ring (bicyclic) bond motifs is 1. The first kappa shape index (κ1) is 20.3. The largest absolute Gasteiger partial charge is 0.324 e.